The molecule has 146 valence electrons. The standard InChI is InChI=1S/C17H12Cl3N3O3S2/c1-9(24)21-11-4-2-10(3-5-11)15-8-27-17(22-15)23-28(25,26)16-7-13(19)12(18)6-14(16)20/h2-8H,1H3,(H,21,24)(H,22,23). The molecule has 3 rings (SSSR count). The number of hydrogen-bond donors (Lipinski definition) is 2. The number of carbonyl (C=O) groups is 1. The van der Waals surface area contributed by atoms with E-state index in [1.165, 1.54) is 19.1 Å². The van der Waals surface area contributed by atoms with Gasteiger partial charge in [-0.2, -0.15) is 0 Å². The summed E-state index contributed by atoms with van der Waals surface area (Å²) in [5.74, 6) is -0.168. The van der Waals surface area contributed by atoms with Crippen molar-refractivity contribution in [2.45, 2.75) is 11.8 Å². The lowest BCUT2D eigenvalue weighted by Gasteiger charge is -2.08. The van der Waals surface area contributed by atoms with Crippen LogP contribution in [-0.2, 0) is 14.8 Å². The number of anilines is 2. The molecule has 1 aromatic heterocycles. The molecule has 0 aliphatic heterocycles. The number of benzene rings is 2. The van der Waals surface area contributed by atoms with Crippen molar-refractivity contribution < 1.29 is 13.2 Å². The van der Waals surface area contributed by atoms with Gasteiger partial charge in [0.25, 0.3) is 10.0 Å². The zero-order chi connectivity index (χ0) is 20.5. The van der Waals surface area contributed by atoms with Crippen molar-refractivity contribution in [2.24, 2.45) is 0 Å². The molecule has 0 fully saturated rings. The molecule has 0 atom stereocenters. The fraction of sp³-hybridized carbons (Fsp3) is 0.0588. The Labute approximate surface area is 180 Å². The summed E-state index contributed by atoms with van der Waals surface area (Å²) in [5, 5.41) is 4.73. The van der Waals surface area contributed by atoms with Crippen LogP contribution in [0.1, 0.15) is 6.92 Å². The number of nitrogens with one attached hydrogen (secondary N) is 2. The van der Waals surface area contributed by atoms with E-state index in [-0.39, 0.29) is 31.0 Å². The van der Waals surface area contributed by atoms with E-state index >= 15 is 0 Å². The minimum Gasteiger partial charge on any atom is -0.326 e. The molecule has 0 unspecified atom stereocenters. The molecule has 0 radical (unpaired) electrons. The van der Waals surface area contributed by atoms with Gasteiger partial charge in [0.15, 0.2) is 5.13 Å². The smallest absolute Gasteiger partial charge is 0.265 e. The number of rotatable bonds is 5. The number of nitrogens with zero attached hydrogens (tertiary/aromatic N) is 1. The first kappa shape index (κ1) is 20.9. The number of aromatic nitrogens is 1. The largest absolute Gasteiger partial charge is 0.326 e. The lowest BCUT2D eigenvalue weighted by atomic mass is 10.1. The molecule has 0 aliphatic rings. The van der Waals surface area contributed by atoms with Crippen LogP contribution in [0.5, 0.6) is 0 Å². The monoisotopic (exact) mass is 475 g/mol. The summed E-state index contributed by atoms with van der Waals surface area (Å²) in [7, 11) is -4.00. The molecule has 2 aromatic carbocycles. The molecule has 0 saturated carbocycles. The number of sulfonamides is 1. The molecule has 2 N–H and O–H groups in total. The molecule has 1 amide bonds. The summed E-state index contributed by atoms with van der Waals surface area (Å²) in [5.41, 5.74) is 2.00. The fourth-order valence-electron chi connectivity index (χ4n) is 2.26. The molecule has 1 heterocycles. The predicted molar refractivity (Wildman–Crippen MR) is 114 cm³/mol. The topological polar surface area (TPSA) is 88.2 Å². The van der Waals surface area contributed by atoms with Crippen molar-refractivity contribution in [3.8, 4) is 11.3 Å². The fourth-order valence-corrected chi connectivity index (χ4v) is 5.24. The highest BCUT2D eigenvalue weighted by Crippen LogP contribution is 2.33. The van der Waals surface area contributed by atoms with Gasteiger partial charge in [0.1, 0.15) is 4.90 Å². The summed E-state index contributed by atoms with van der Waals surface area (Å²) in [6.45, 7) is 1.42. The minimum atomic E-state index is -4.00. The average Bonchev–Trinajstić information content (AvgIpc) is 3.06. The van der Waals surface area contributed by atoms with E-state index in [9.17, 15) is 13.2 Å². The molecule has 28 heavy (non-hydrogen) atoms. The second-order valence-corrected chi connectivity index (χ2v) is 9.33. The van der Waals surface area contributed by atoms with Crippen molar-refractivity contribution in [3.05, 3.63) is 56.8 Å². The summed E-state index contributed by atoms with van der Waals surface area (Å²) in [4.78, 5) is 15.2. The van der Waals surface area contributed by atoms with Gasteiger partial charge in [-0.25, -0.2) is 13.4 Å². The second-order valence-electron chi connectivity index (χ2n) is 5.60. The predicted octanol–water partition coefficient (Wildman–Crippen LogP) is 5.53. The highest BCUT2D eigenvalue weighted by atomic mass is 35.5. The first-order chi connectivity index (χ1) is 13.2. The van der Waals surface area contributed by atoms with Gasteiger partial charge in [-0.15, -0.1) is 11.3 Å². The highest BCUT2D eigenvalue weighted by molar-refractivity contribution is 7.93. The van der Waals surface area contributed by atoms with Gasteiger partial charge >= 0.3 is 0 Å². The van der Waals surface area contributed by atoms with Gasteiger partial charge < -0.3 is 5.32 Å². The summed E-state index contributed by atoms with van der Waals surface area (Å²) in [6, 6.07) is 9.46. The van der Waals surface area contributed by atoms with Crippen LogP contribution in [0.25, 0.3) is 11.3 Å². The Morgan fingerprint density at radius 3 is 2.32 bits per heavy atom. The summed E-state index contributed by atoms with van der Waals surface area (Å²) in [6.07, 6.45) is 0. The van der Waals surface area contributed by atoms with Crippen LogP contribution in [0.4, 0.5) is 10.8 Å². The maximum Gasteiger partial charge on any atom is 0.265 e. The third-order valence-electron chi connectivity index (χ3n) is 3.49. The molecule has 6 nitrogen and oxygen atoms in total. The third kappa shape index (κ3) is 4.76. The quantitative estimate of drug-likeness (QED) is 0.474. The molecule has 0 aliphatic carbocycles. The maximum absolute atomic E-state index is 12.6. The molecule has 3 aromatic rings. The van der Waals surface area contributed by atoms with Crippen LogP contribution in [-0.4, -0.2) is 19.3 Å². The van der Waals surface area contributed by atoms with Gasteiger partial charge in [-0.05, 0) is 24.3 Å². The molecule has 11 heteroatoms. The van der Waals surface area contributed by atoms with Crippen LogP contribution >= 0.6 is 46.1 Å². The van der Waals surface area contributed by atoms with Crippen LogP contribution in [0.2, 0.25) is 15.1 Å². The van der Waals surface area contributed by atoms with Crippen LogP contribution in [0.15, 0.2) is 46.7 Å². The first-order valence-corrected chi connectivity index (χ1v) is 11.2. The number of amides is 1. The minimum absolute atomic E-state index is 0.0489. The Kier molecular flexibility index (Phi) is 6.16. The Morgan fingerprint density at radius 1 is 1.04 bits per heavy atom. The Bertz CT molecular complexity index is 1150. The van der Waals surface area contributed by atoms with Crippen molar-refractivity contribution in [3.63, 3.8) is 0 Å². The molecular weight excluding hydrogens is 465 g/mol. The Balaban J connectivity index is 1.82. The zero-order valence-corrected chi connectivity index (χ0v) is 18.1. The van der Waals surface area contributed by atoms with E-state index in [4.69, 9.17) is 34.8 Å². The molecule has 0 saturated heterocycles. The summed E-state index contributed by atoms with van der Waals surface area (Å²) < 4.78 is 27.6. The lowest BCUT2D eigenvalue weighted by Crippen LogP contribution is -2.13. The maximum atomic E-state index is 12.6. The Hall–Kier alpha value is -1.84. The van der Waals surface area contributed by atoms with E-state index in [1.54, 1.807) is 29.6 Å². The summed E-state index contributed by atoms with van der Waals surface area (Å²) >= 11 is 18.9. The van der Waals surface area contributed by atoms with Gasteiger partial charge in [0, 0.05) is 23.6 Å². The van der Waals surface area contributed by atoms with Crippen LogP contribution in [0, 0.1) is 0 Å². The van der Waals surface area contributed by atoms with E-state index in [1.807, 2.05) is 0 Å². The van der Waals surface area contributed by atoms with Crippen molar-refractivity contribution in [2.75, 3.05) is 10.0 Å². The number of thiazole rings is 1. The molecular formula is C17H12Cl3N3O3S2. The second kappa shape index (κ2) is 8.26. The SMILES string of the molecule is CC(=O)Nc1ccc(-c2csc(NS(=O)(=O)c3cc(Cl)c(Cl)cc3Cl)n2)cc1. The molecule has 0 spiro atoms. The third-order valence-corrected chi connectivity index (χ3v) is 6.90. The van der Waals surface area contributed by atoms with Gasteiger partial charge in [-0.3, -0.25) is 9.52 Å². The number of carbonyl (C=O) groups excluding carboxylic acids is 1. The van der Waals surface area contributed by atoms with Crippen molar-refractivity contribution in [1.82, 2.24) is 4.98 Å². The lowest BCUT2D eigenvalue weighted by molar-refractivity contribution is -0.114. The average molecular weight is 477 g/mol. The van der Waals surface area contributed by atoms with E-state index < -0.39 is 10.0 Å². The molecule has 0 bridgehead atoms. The number of halogens is 3. The van der Waals surface area contributed by atoms with Gasteiger partial charge in [-0.1, -0.05) is 46.9 Å². The first-order valence-electron chi connectivity index (χ1n) is 7.66. The zero-order valence-electron chi connectivity index (χ0n) is 14.2. The van der Waals surface area contributed by atoms with E-state index in [2.05, 4.69) is 15.0 Å². The van der Waals surface area contributed by atoms with Crippen molar-refractivity contribution >= 4 is 72.9 Å². The normalized spacial score (nSPS) is 11.3. The number of hydrogen-bond acceptors (Lipinski definition) is 5. The van der Waals surface area contributed by atoms with E-state index in [0.29, 0.717) is 11.4 Å². The van der Waals surface area contributed by atoms with Crippen LogP contribution < -0.4 is 10.0 Å². The van der Waals surface area contributed by atoms with Gasteiger partial charge in [0.2, 0.25) is 5.91 Å². The Morgan fingerprint density at radius 2 is 1.68 bits per heavy atom. The van der Waals surface area contributed by atoms with Crippen molar-refractivity contribution in [1.29, 1.82) is 0 Å². The van der Waals surface area contributed by atoms with E-state index in [0.717, 1.165) is 16.9 Å². The van der Waals surface area contributed by atoms with Crippen LogP contribution in [0.3, 0.4) is 0 Å². The highest BCUT2D eigenvalue weighted by Gasteiger charge is 2.21. The van der Waals surface area contributed by atoms with Gasteiger partial charge in [0.05, 0.1) is 20.8 Å².